The molecule has 2 rings (SSSR count). The minimum absolute atomic E-state index is 0.0952. The van der Waals surface area contributed by atoms with Gasteiger partial charge in [0.1, 0.15) is 0 Å². The number of rotatable bonds is 3. The van der Waals surface area contributed by atoms with Crippen molar-refractivity contribution >= 4 is 11.9 Å². The van der Waals surface area contributed by atoms with Crippen LogP contribution in [0.25, 0.3) is 0 Å². The SMILES string of the molecule is O=C(NC1CCCCCC1C(=O)O)C1CCCCC1. The van der Waals surface area contributed by atoms with Crippen LogP contribution in [-0.2, 0) is 9.59 Å². The van der Waals surface area contributed by atoms with Gasteiger partial charge in [-0.3, -0.25) is 9.59 Å². The van der Waals surface area contributed by atoms with E-state index in [4.69, 9.17) is 0 Å². The van der Waals surface area contributed by atoms with Gasteiger partial charge in [0, 0.05) is 12.0 Å². The first-order chi connectivity index (χ1) is 9.18. The summed E-state index contributed by atoms with van der Waals surface area (Å²) in [5.74, 6) is -0.935. The van der Waals surface area contributed by atoms with Crippen LogP contribution in [0.2, 0.25) is 0 Å². The number of hydrogen-bond acceptors (Lipinski definition) is 2. The summed E-state index contributed by atoms with van der Waals surface area (Å²) in [5, 5.41) is 12.3. The standard InChI is InChI=1S/C15H25NO3/c17-14(11-7-3-1-4-8-11)16-13-10-6-2-5-9-12(13)15(18)19/h11-13H,1-10H2,(H,16,17)(H,18,19). The van der Waals surface area contributed by atoms with Crippen LogP contribution in [0.4, 0.5) is 0 Å². The summed E-state index contributed by atoms with van der Waals surface area (Å²) in [6, 6.07) is -0.158. The van der Waals surface area contributed by atoms with Crippen LogP contribution >= 0.6 is 0 Å². The number of nitrogens with one attached hydrogen (secondary N) is 1. The molecule has 108 valence electrons. The second-order valence-corrected chi connectivity index (χ2v) is 6.03. The topological polar surface area (TPSA) is 66.4 Å². The molecule has 0 heterocycles. The Kier molecular flexibility index (Phi) is 5.23. The van der Waals surface area contributed by atoms with Crippen LogP contribution in [0.1, 0.15) is 64.2 Å². The maximum absolute atomic E-state index is 12.2. The van der Waals surface area contributed by atoms with Crippen molar-refractivity contribution in [1.82, 2.24) is 5.32 Å². The maximum Gasteiger partial charge on any atom is 0.308 e. The van der Waals surface area contributed by atoms with Crippen molar-refractivity contribution in [1.29, 1.82) is 0 Å². The van der Waals surface area contributed by atoms with Crippen LogP contribution in [0.3, 0.4) is 0 Å². The van der Waals surface area contributed by atoms with Gasteiger partial charge in [0.25, 0.3) is 0 Å². The van der Waals surface area contributed by atoms with Crippen LogP contribution in [0.15, 0.2) is 0 Å². The lowest BCUT2D eigenvalue weighted by Crippen LogP contribution is -2.45. The third-order valence-electron chi connectivity index (χ3n) is 4.64. The average molecular weight is 267 g/mol. The Balaban J connectivity index is 1.93. The monoisotopic (exact) mass is 267 g/mol. The number of carbonyl (C=O) groups is 2. The largest absolute Gasteiger partial charge is 0.481 e. The van der Waals surface area contributed by atoms with E-state index in [1.165, 1.54) is 6.42 Å². The minimum Gasteiger partial charge on any atom is -0.481 e. The fourth-order valence-corrected chi connectivity index (χ4v) is 3.44. The van der Waals surface area contributed by atoms with E-state index in [2.05, 4.69) is 5.32 Å². The molecule has 2 fully saturated rings. The van der Waals surface area contributed by atoms with E-state index in [0.717, 1.165) is 51.4 Å². The molecule has 1 amide bonds. The zero-order valence-electron chi connectivity index (χ0n) is 11.6. The van der Waals surface area contributed by atoms with Gasteiger partial charge in [-0.05, 0) is 25.7 Å². The Morgan fingerprint density at radius 3 is 2.05 bits per heavy atom. The Bertz CT molecular complexity index is 323. The lowest BCUT2D eigenvalue weighted by atomic mass is 9.87. The third-order valence-corrected chi connectivity index (χ3v) is 4.64. The van der Waals surface area contributed by atoms with E-state index in [0.29, 0.717) is 6.42 Å². The third kappa shape index (κ3) is 3.95. The van der Waals surface area contributed by atoms with Crippen LogP contribution in [0, 0.1) is 11.8 Å². The molecule has 2 atom stereocenters. The summed E-state index contributed by atoms with van der Waals surface area (Å²) in [5.41, 5.74) is 0. The lowest BCUT2D eigenvalue weighted by Gasteiger charge is -2.27. The van der Waals surface area contributed by atoms with Gasteiger partial charge in [-0.2, -0.15) is 0 Å². The van der Waals surface area contributed by atoms with Gasteiger partial charge in [-0.25, -0.2) is 0 Å². The summed E-state index contributed by atoms with van der Waals surface area (Å²) in [7, 11) is 0. The van der Waals surface area contributed by atoms with Crippen molar-refractivity contribution in [2.24, 2.45) is 11.8 Å². The van der Waals surface area contributed by atoms with Gasteiger partial charge in [0.15, 0.2) is 0 Å². The highest BCUT2D eigenvalue weighted by Crippen LogP contribution is 2.27. The van der Waals surface area contributed by atoms with E-state index in [1.54, 1.807) is 0 Å². The Morgan fingerprint density at radius 2 is 1.42 bits per heavy atom. The first-order valence-corrected chi connectivity index (χ1v) is 7.71. The Labute approximate surface area is 115 Å². The molecule has 2 saturated carbocycles. The maximum atomic E-state index is 12.2. The first-order valence-electron chi connectivity index (χ1n) is 7.71. The second kappa shape index (κ2) is 6.92. The minimum atomic E-state index is -0.754. The molecule has 0 aliphatic heterocycles. The van der Waals surface area contributed by atoms with Crippen LogP contribution < -0.4 is 5.32 Å². The van der Waals surface area contributed by atoms with Gasteiger partial charge in [-0.1, -0.05) is 38.5 Å². The number of aliphatic carboxylic acids is 1. The van der Waals surface area contributed by atoms with E-state index < -0.39 is 11.9 Å². The zero-order valence-corrected chi connectivity index (χ0v) is 11.6. The normalized spacial score (nSPS) is 29.5. The smallest absolute Gasteiger partial charge is 0.308 e. The summed E-state index contributed by atoms with van der Waals surface area (Å²) in [6.45, 7) is 0. The van der Waals surface area contributed by atoms with Gasteiger partial charge in [0.2, 0.25) is 5.91 Å². The van der Waals surface area contributed by atoms with Gasteiger partial charge in [-0.15, -0.1) is 0 Å². The summed E-state index contributed by atoms with van der Waals surface area (Å²) >= 11 is 0. The molecule has 19 heavy (non-hydrogen) atoms. The van der Waals surface area contributed by atoms with E-state index in [-0.39, 0.29) is 17.9 Å². The molecular formula is C15H25NO3. The quantitative estimate of drug-likeness (QED) is 0.773. The number of amides is 1. The fourth-order valence-electron chi connectivity index (χ4n) is 3.44. The number of carbonyl (C=O) groups excluding carboxylic acids is 1. The van der Waals surface area contributed by atoms with E-state index in [1.807, 2.05) is 0 Å². The molecule has 0 aromatic carbocycles. The molecule has 0 aromatic rings. The van der Waals surface area contributed by atoms with Crippen molar-refractivity contribution in [2.45, 2.75) is 70.3 Å². The van der Waals surface area contributed by atoms with Crippen LogP contribution in [-0.4, -0.2) is 23.0 Å². The molecule has 2 aliphatic carbocycles. The molecule has 4 heteroatoms. The molecule has 0 spiro atoms. The van der Waals surface area contributed by atoms with E-state index in [9.17, 15) is 14.7 Å². The Morgan fingerprint density at radius 1 is 0.842 bits per heavy atom. The fraction of sp³-hybridized carbons (Fsp3) is 0.867. The first kappa shape index (κ1) is 14.4. The molecular weight excluding hydrogens is 242 g/mol. The van der Waals surface area contributed by atoms with Crippen molar-refractivity contribution in [3.8, 4) is 0 Å². The second-order valence-electron chi connectivity index (χ2n) is 6.03. The molecule has 0 aromatic heterocycles. The van der Waals surface area contributed by atoms with Crippen molar-refractivity contribution in [3.63, 3.8) is 0 Å². The summed E-state index contributed by atoms with van der Waals surface area (Å²) in [6.07, 6.45) is 10.0. The molecule has 0 bridgehead atoms. The molecule has 2 unspecified atom stereocenters. The number of hydrogen-bond donors (Lipinski definition) is 2. The summed E-state index contributed by atoms with van der Waals surface area (Å²) in [4.78, 5) is 23.6. The lowest BCUT2D eigenvalue weighted by molar-refractivity contribution is -0.143. The Hall–Kier alpha value is -1.06. The van der Waals surface area contributed by atoms with Gasteiger partial charge >= 0.3 is 5.97 Å². The number of carboxylic acids is 1. The van der Waals surface area contributed by atoms with Crippen molar-refractivity contribution in [2.75, 3.05) is 0 Å². The molecule has 0 radical (unpaired) electrons. The predicted molar refractivity (Wildman–Crippen MR) is 72.7 cm³/mol. The van der Waals surface area contributed by atoms with E-state index >= 15 is 0 Å². The highest BCUT2D eigenvalue weighted by Gasteiger charge is 2.32. The molecule has 2 aliphatic rings. The van der Waals surface area contributed by atoms with Gasteiger partial charge < -0.3 is 10.4 Å². The number of carboxylic acid groups (broad SMARTS) is 1. The van der Waals surface area contributed by atoms with Crippen molar-refractivity contribution < 1.29 is 14.7 Å². The highest BCUT2D eigenvalue weighted by molar-refractivity contribution is 5.80. The van der Waals surface area contributed by atoms with Gasteiger partial charge in [0.05, 0.1) is 5.92 Å². The molecule has 4 nitrogen and oxygen atoms in total. The predicted octanol–water partition coefficient (Wildman–Crippen LogP) is 2.72. The zero-order chi connectivity index (χ0) is 13.7. The average Bonchev–Trinajstić information content (AvgIpc) is 2.65. The van der Waals surface area contributed by atoms with Crippen molar-refractivity contribution in [3.05, 3.63) is 0 Å². The molecule has 0 saturated heterocycles. The summed E-state index contributed by atoms with van der Waals surface area (Å²) < 4.78 is 0. The highest BCUT2D eigenvalue weighted by atomic mass is 16.4. The van der Waals surface area contributed by atoms with Crippen LogP contribution in [0.5, 0.6) is 0 Å². The molecule has 2 N–H and O–H groups in total.